The Bertz CT molecular complexity index is 1510. The Labute approximate surface area is 263 Å². The number of piperidine rings is 1. The van der Waals surface area contributed by atoms with Gasteiger partial charge in [-0.25, -0.2) is 9.78 Å². The average molecular weight is 673 g/mol. The van der Waals surface area contributed by atoms with E-state index in [1.165, 1.54) is 4.90 Å². The molecule has 1 aromatic carbocycles. The molecule has 4 heterocycles. The second-order valence-corrected chi connectivity index (χ2v) is 11.5. The molecule has 2 aliphatic heterocycles. The van der Waals surface area contributed by atoms with E-state index in [2.05, 4.69) is 29.3 Å². The van der Waals surface area contributed by atoms with Crippen LogP contribution in [-0.4, -0.2) is 81.8 Å². The topological polar surface area (TPSA) is 116 Å². The van der Waals surface area contributed by atoms with Crippen molar-refractivity contribution in [1.82, 2.24) is 23.5 Å². The highest BCUT2D eigenvalue weighted by atomic mass is 32.1. The number of urea groups is 1. The minimum Gasteiger partial charge on any atom is -0.470 e. The third kappa shape index (κ3) is 8.34. The SMILES string of the molecule is CN1CCCC(C(=O)Nc2cc(COc3nsnc3N3CCN(C(=O)Nc4cc(C(F)(F)F)cc(C(F)(F)F)c4)CC3)ccn2)C1. The lowest BCUT2D eigenvalue weighted by molar-refractivity contribution is -0.143. The Morgan fingerprint density at radius 3 is 2.30 bits per heavy atom. The number of carbonyl (C=O) groups is 2. The summed E-state index contributed by atoms with van der Waals surface area (Å²) in [7, 11) is 1.98. The standard InChI is InChI=1S/C28H30F6N8O3S/c1-40-6-2-3-18(15-40)24(43)37-22-11-17(4-5-35-22)16-45-25-23(38-46-39-25)41-7-9-42(10-8-41)26(44)36-21-13-19(27(29,30)31)12-20(14-21)28(32,33)34/h4-5,11-14,18H,2-3,6-10,15-16H2,1H3,(H,36,44)(H,35,37,43). The lowest BCUT2D eigenvalue weighted by Gasteiger charge is -2.34. The van der Waals surface area contributed by atoms with Gasteiger partial charge in [-0.3, -0.25) is 4.79 Å². The predicted molar refractivity (Wildman–Crippen MR) is 157 cm³/mol. The van der Waals surface area contributed by atoms with Gasteiger partial charge in [0.1, 0.15) is 12.4 Å². The third-order valence-corrected chi connectivity index (χ3v) is 8.10. The fourth-order valence-electron chi connectivity index (χ4n) is 5.20. The number of benzene rings is 1. The quantitative estimate of drug-likeness (QED) is 0.330. The summed E-state index contributed by atoms with van der Waals surface area (Å²) in [6.45, 7) is 2.49. The average Bonchev–Trinajstić information content (AvgIpc) is 3.48. The monoisotopic (exact) mass is 672 g/mol. The van der Waals surface area contributed by atoms with Crippen LogP contribution >= 0.6 is 11.7 Å². The van der Waals surface area contributed by atoms with E-state index in [0.29, 0.717) is 30.3 Å². The Kier molecular flexibility index (Phi) is 9.85. The van der Waals surface area contributed by atoms with Gasteiger partial charge in [0, 0.05) is 44.6 Å². The van der Waals surface area contributed by atoms with E-state index in [1.54, 1.807) is 18.3 Å². The first-order valence-corrected chi connectivity index (χ1v) is 15.0. The van der Waals surface area contributed by atoms with Gasteiger partial charge in [-0.2, -0.15) is 30.7 Å². The molecule has 11 nitrogen and oxygen atoms in total. The van der Waals surface area contributed by atoms with Crippen molar-refractivity contribution in [3.05, 3.63) is 53.2 Å². The third-order valence-electron chi connectivity index (χ3n) is 7.59. The number of hydrogen-bond acceptors (Lipinski definition) is 9. The van der Waals surface area contributed by atoms with Crippen molar-refractivity contribution in [1.29, 1.82) is 0 Å². The van der Waals surface area contributed by atoms with Crippen LogP contribution in [0.2, 0.25) is 0 Å². The molecule has 0 saturated carbocycles. The van der Waals surface area contributed by atoms with E-state index in [0.717, 1.165) is 36.7 Å². The largest absolute Gasteiger partial charge is 0.470 e. The number of rotatable bonds is 7. The molecule has 0 radical (unpaired) electrons. The summed E-state index contributed by atoms with van der Waals surface area (Å²) in [5.41, 5.74) is -2.93. The van der Waals surface area contributed by atoms with Crippen LogP contribution in [-0.2, 0) is 23.8 Å². The number of likely N-dealkylation sites (tertiary alicyclic amines) is 1. The number of ether oxygens (including phenoxy) is 1. The number of carbonyl (C=O) groups excluding carboxylic acids is 2. The molecule has 18 heteroatoms. The lowest BCUT2D eigenvalue weighted by Crippen LogP contribution is -2.50. The number of aromatic nitrogens is 3. The maximum Gasteiger partial charge on any atom is 0.416 e. The van der Waals surface area contributed by atoms with E-state index in [-0.39, 0.29) is 56.6 Å². The molecule has 1 atom stereocenters. The van der Waals surface area contributed by atoms with Crippen molar-refractivity contribution >= 4 is 41.0 Å². The molecule has 3 aromatic rings. The first-order valence-electron chi connectivity index (χ1n) is 14.3. The molecule has 0 bridgehead atoms. The van der Waals surface area contributed by atoms with Gasteiger partial charge in [0.25, 0.3) is 5.88 Å². The predicted octanol–water partition coefficient (Wildman–Crippen LogP) is 5.18. The molecule has 2 saturated heterocycles. The van der Waals surface area contributed by atoms with Crippen LogP contribution in [0.25, 0.3) is 0 Å². The molecule has 2 N–H and O–H groups in total. The number of piperazine rings is 1. The van der Waals surface area contributed by atoms with Gasteiger partial charge in [-0.05, 0) is 62.3 Å². The summed E-state index contributed by atoms with van der Waals surface area (Å²) >= 11 is 0.921. The highest BCUT2D eigenvalue weighted by Gasteiger charge is 2.37. The number of anilines is 3. The highest BCUT2D eigenvalue weighted by Crippen LogP contribution is 2.37. The number of nitrogens with one attached hydrogen (secondary N) is 2. The Hall–Kier alpha value is -4.19. The van der Waals surface area contributed by atoms with Crippen molar-refractivity contribution in [2.24, 2.45) is 5.92 Å². The number of halogens is 6. The van der Waals surface area contributed by atoms with Crippen molar-refractivity contribution in [2.45, 2.75) is 31.8 Å². The summed E-state index contributed by atoms with van der Waals surface area (Å²) in [4.78, 5) is 34.9. The smallest absolute Gasteiger partial charge is 0.416 e. The molecule has 2 aliphatic rings. The number of pyridine rings is 1. The molecular weight excluding hydrogens is 642 g/mol. The van der Waals surface area contributed by atoms with Crippen LogP contribution in [0.4, 0.5) is 48.5 Å². The fraction of sp³-hybridized carbons (Fsp3) is 0.464. The van der Waals surface area contributed by atoms with E-state index in [4.69, 9.17) is 4.74 Å². The number of alkyl halides is 6. The van der Waals surface area contributed by atoms with Gasteiger partial charge in [-0.15, -0.1) is 4.37 Å². The van der Waals surface area contributed by atoms with Gasteiger partial charge >= 0.3 is 18.4 Å². The summed E-state index contributed by atoms with van der Waals surface area (Å²) in [5, 5.41) is 5.03. The molecule has 1 unspecified atom stereocenters. The van der Waals surface area contributed by atoms with Crippen molar-refractivity contribution in [3.8, 4) is 5.88 Å². The van der Waals surface area contributed by atoms with Gasteiger partial charge in [0.2, 0.25) is 11.7 Å². The van der Waals surface area contributed by atoms with Crippen molar-refractivity contribution < 1.29 is 40.7 Å². The minimum atomic E-state index is -5.03. The first-order chi connectivity index (χ1) is 21.8. The van der Waals surface area contributed by atoms with Gasteiger partial charge < -0.3 is 30.1 Å². The van der Waals surface area contributed by atoms with Crippen molar-refractivity contribution in [3.63, 3.8) is 0 Å². The molecule has 3 amide bonds. The minimum absolute atomic E-state index is 0.00143. The lowest BCUT2D eigenvalue weighted by atomic mass is 9.97. The Morgan fingerprint density at radius 2 is 1.65 bits per heavy atom. The Balaban J connectivity index is 1.15. The molecule has 46 heavy (non-hydrogen) atoms. The summed E-state index contributed by atoms with van der Waals surface area (Å²) < 4.78 is 93.6. The maximum atomic E-state index is 13.2. The maximum absolute atomic E-state index is 13.2. The zero-order valence-electron chi connectivity index (χ0n) is 24.5. The Morgan fingerprint density at radius 1 is 0.957 bits per heavy atom. The number of amides is 3. The number of hydrogen-bond donors (Lipinski definition) is 2. The van der Waals surface area contributed by atoms with E-state index in [9.17, 15) is 35.9 Å². The van der Waals surface area contributed by atoms with Gasteiger partial charge in [0.05, 0.1) is 28.8 Å². The zero-order valence-corrected chi connectivity index (χ0v) is 25.3. The zero-order chi connectivity index (χ0) is 33.1. The molecule has 2 fully saturated rings. The summed E-state index contributed by atoms with van der Waals surface area (Å²) in [6, 6.07) is 3.54. The fourth-order valence-corrected chi connectivity index (χ4v) is 5.72. The molecular formula is C28H30F6N8O3S. The van der Waals surface area contributed by atoms with Gasteiger partial charge in [-0.1, -0.05) is 0 Å². The molecule has 0 aliphatic carbocycles. The van der Waals surface area contributed by atoms with Crippen LogP contribution in [0, 0.1) is 5.92 Å². The van der Waals surface area contributed by atoms with Crippen LogP contribution in [0.1, 0.15) is 29.5 Å². The molecule has 248 valence electrons. The van der Waals surface area contributed by atoms with Crippen LogP contribution in [0.5, 0.6) is 5.88 Å². The normalized spacial score (nSPS) is 17.9. The summed E-state index contributed by atoms with van der Waals surface area (Å²) in [5.74, 6) is 0.890. The van der Waals surface area contributed by atoms with Crippen LogP contribution < -0.4 is 20.3 Å². The van der Waals surface area contributed by atoms with Crippen molar-refractivity contribution in [2.75, 3.05) is 61.8 Å². The first kappa shape index (κ1) is 33.2. The highest BCUT2D eigenvalue weighted by molar-refractivity contribution is 6.99. The van der Waals surface area contributed by atoms with Gasteiger partial charge in [0.15, 0.2) is 0 Å². The molecule has 5 rings (SSSR count). The van der Waals surface area contributed by atoms with Crippen LogP contribution in [0.3, 0.4) is 0 Å². The van der Waals surface area contributed by atoms with E-state index in [1.807, 2.05) is 11.9 Å². The number of nitrogens with zero attached hydrogens (tertiary/aromatic N) is 6. The molecule has 0 spiro atoms. The van der Waals surface area contributed by atoms with Crippen LogP contribution in [0.15, 0.2) is 36.5 Å². The summed E-state index contributed by atoms with van der Waals surface area (Å²) in [6.07, 6.45) is -6.73. The molecule has 2 aromatic heterocycles. The second kappa shape index (κ2) is 13.7. The second-order valence-electron chi connectivity index (χ2n) is 11.0. The van der Waals surface area contributed by atoms with E-state index < -0.39 is 35.2 Å². The van der Waals surface area contributed by atoms with E-state index >= 15 is 0 Å².